The molecule has 0 aromatic heterocycles. The Kier molecular flexibility index (Phi) is 5.05. The number of hydrogen-bond donors (Lipinski definition) is 0. The molecule has 0 saturated carbocycles. The van der Waals surface area contributed by atoms with Crippen molar-refractivity contribution in [3.63, 3.8) is 0 Å². The van der Waals surface area contributed by atoms with Crippen LogP contribution in [0.1, 0.15) is 23.5 Å². The minimum absolute atomic E-state index is 0.0988. The fourth-order valence-corrected chi connectivity index (χ4v) is 3.07. The van der Waals surface area contributed by atoms with Gasteiger partial charge in [0, 0.05) is 30.7 Å². The minimum Gasteiger partial charge on any atom is -0.378 e. The van der Waals surface area contributed by atoms with Crippen LogP contribution in [0.5, 0.6) is 0 Å². The van der Waals surface area contributed by atoms with Crippen molar-refractivity contribution in [3.8, 4) is 0 Å². The molecule has 0 fully saturated rings. The monoisotopic (exact) mass is 369 g/mol. The molecule has 120 valence electrons. The van der Waals surface area contributed by atoms with Crippen molar-refractivity contribution >= 4 is 40.5 Å². The highest BCUT2D eigenvalue weighted by Gasteiger charge is 2.37. The third kappa shape index (κ3) is 3.39. The standard InChI is InChI=1S/C15H13Cl3F3N/c1-22(2)8-3-4-9(11(7-8)15(19,20)21)10-5-6-12(16)14(18)13(10)17/h3-4,6-7,10H,5H2,1-2H3. The Morgan fingerprint density at radius 3 is 2.32 bits per heavy atom. The predicted molar refractivity (Wildman–Crippen MR) is 85.8 cm³/mol. The summed E-state index contributed by atoms with van der Waals surface area (Å²) in [5, 5.41) is 0.503. The second-order valence-corrected chi connectivity index (χ2v) is 6.36. The van der Waals surface area contributed by atoms with Gasteiger partial charge in [-0.2, -0.15) is 13.2 Å². The molecule has 1 unspecified atom stereocenters. The average Bonchev–Trinajstić information content (AvgIpc) is 2.43. The summed E-state index contributed by atoms with van der Waals surface area (Å²) in [4.78, 5) is 1.61. The minimum atomic E-state index is -4.48. The van der Waals surface area contributed by atoms with E-state index < -0.39 is 17.7 Å². The zero-order chi connectivity index (χ0) is 16.7. The molecule has 0 saturated heterocycles. The summed E-state index contributed by atoms with van der Waals surface area (Å²) >= 11 is 18.0. The molecule has 1 aliphatic carbocycles. The average molecular weight is 371 g/mol. The molecular formula is C15H13Cl3F3N. The first-order valence-corrected chi connectivity index (χ1v) is 7.56. The quantitative estimate of drug-likeness (QED) is 0.610. The van der Waals surface area contributed by atoms with E-state index in [1.54, 1.807) is 31.1 Å². The van der Waals surface area contributed by atoms with E-state index in [0.717, 1.165) is 6.07 Å². The Labute approximate surface area is 141 Å². The predicted octanol–water partition coefficient (Wildman–Crippen LogP) is 6.07. The van der Waals surface area contributed by atoms with Crippen molar-refractivity contribution in [2.45, 2.75) is 18.5 Å². The first-order valence-electron chi connectivity index (χ1n) is 6.42. The van der Waals surface area contributed by atoms with Gasteiger partial charge < -0.3 is 4.90 Å². The van der Waals surface area contributed by atoms with Crippen LogP contribution in [-0.4, -0.2) is 14.1 Å². The van der Waals surface area contributed by atoms with E-state index in [4.69, 9.17) is 34.8 Å². The summed E-state index contributed by atoms with van der Waals surface area (Å²) in [5.41, 5.74) is -0.147. The van der Waals surface area contributed by atoms with E-state index in [2.05, 4.69) is 0 Å². The number of rotatable bonds is 2. The molecule has 2 rings (SSSR count). The Morgan fingerprint density at radius 2 is 1.77 bits per heavy atom. The van der Waals surface area contributed by atoms with Crippen LogP contribution in [0.4, 0.5) is 18.9 Å². The van der Waals surface area contributed by atoms with E-state index in [-0.39, 0.29) is 27.1 Å². The van der Waals surface area contributed by atoms with Gasteiger partial charge in [0.1, 0.15) is 0 Å². The molecule has 1 atom stereocenters. The number of halogens is 6. The molecule has 0 amide bonds. The molecule has 1 aliphatic rings. The lowest BCUT2D eigenvalue weighted by Gasteiger charge is -2.25. The second-order valence-electron chi connectivity index (χ2n) is 5.17. The summed E-state index contributed by atoms with van der Waals surface area (Å²) in [6.45, 7) is 0. The van der Waals surface area contributed by atoms with Gasteiger partial charge in [-0.15, -0.1) is 0 Å². The summed E-state index contributed by atoms with van der Waals surface area (Å²) in [7, 11) is 3.37. The molecule has 1 aromatic rings. The van der Waals surface area contributed by atoms with Gasteiger partial charge >= 0.3 is 6.18 Å². The van der Waals surface area contributed by atoms with Gasteiger partial charge in [0.25, 0.3) is 0 Å². The Hall–Kier alpha value is -0.840. The molecule has 0 aliphatic heterocycles. The van der Waals surface area contributed by atoms with Gasteiger partial charge in [-0.05, 0) is 24.1 Å². The largest absolute Gasteiger partial charge is 0.416 e. The molecule has 0 radical (unpaired) electrons. The van der Waals surface area contributed by atoms with Crippen LogP contribution < -0.4 is 4.90 Å². The Bertz CT molecular complexity index is 648. The topological polar surface area (TPSA) is 3.24 Å². The Morgan fingerprint density at radius 1 is 1.14 bits per heavy atom. The molecule has 0 bridgehead atoms. The lowest BCUT2D eigenvalue weighted by Crippen LogP contribution is -2.16. The first-order chi connectivity index (χ1) is 10.1. The maximum Gasteiger partial charge on any atom is 0.416 e. The highest BCUT2D eigenvalue weighted by Crippen LogP contribution is 2.46. The van der Waals surface area contributed by atoms with Crippen molar-refractivity contribution in [1.82, 2.24) is 0 Å². The third-order valence-corrected chi connectivity index (χ3v) is 4.89. The smallest absolute Gasteiger partial charge is 0.378 e. The number of anilines is 1. The molecule has 0 heterocycles. The number of hydrogen-bond acceptors (Lipinski definition) is 1. The van der Waals surface area contributed by atoms with Crippen molar-refractivity contribution in [2.75, 3.05) is 19.0 Å². The normalized spacial score (nSPS) is 19.3. The highest BCUT2D eigenvalue weighted by molar-refractivity contribution is 6.48. The zero-order valence-corrected chi connectivity index (χ0v) is 14.1. The Balaban J connectivity index is 2.57. The van der Waals surface area contributed by atoms with Gasteiger partial charge in [-0.3, -0.25) is 0 Å². The zero-order valence-electron chi connectivity index (χ0n) is 11.8. The molecular weight excluding hydrogens is 358 g/mol. The van der Waals surface area contributed by atoms with Crippen LogP contribution in [-0.2, 0) is 6.18 Å². The number of nitrogens with zero attached hydrogens (tertiary/aromatic N) is 1. The van der Waals surface area contributed by atoms with E-state index in [9.17, 15) is 13.2 Å². The summed E-state index contributed by atoms with van der Waals surface area (Å²) in [5.74, 6) is -0.649. The lowest BCUT2D eigenvalue weighted by molar-refractivity contribution is -0.138. The lowest BCUT2D eigenvalue weighted by atomic mass is 9.88. The number of benzene rings is 1. The molecule has 1 nitrogen and oxygen atoms in total. The third-order valence-electron chi connectivity index (χ3n) is 3.49. The molecule has 7 heteroatoms. The highest BCUT2D eigenvalue weighted by atomic mass is 35.5. The van der Waals surface area contributed by atoms with E-state index >= 15 is 0 Å². The fourth-order valence-electron chi connectivity index (χ4n) is 2.32. The van der Waals surface area contributed by atoms with Crippen LogP contribution in [0, 0.1) is 0 Å². The van der Waals surface area contributed by atoms with Crippen LogP contribution in [0.25, 0.3) is 0 Å². The molecule has 0 spiro atoms. The number of allylic oxidation sites excluding steroid dienone is 4. The van der Waals surface area contributed by atoms with Gasteiger partial charge in [-0.25, -0.2) is 0 Å². The van der Waals surface area contributed by atoms with Crippen LogP contribution >= 0.6 is 34.8 Å². The van der Waals surface area contributed by atoms with E-state index in [0.29, 0.717) is 5.69 Å². The van der Waals surface area contributed by atoms with Crippen molar-refractivity contribution in [3.05, 3.63) is 50.5 Å². The second kappa shape index (κ2) is 6.34. The maximum atomic E-state index is 13.4. The van der Waals surface area contributed by atoms with Gasteiger partial charge in [0.2, 0.25) is 0 Å². The molecule has 0 N–H and O–H groups in total. The molecule has 22 heavy (non-hydrogen) atoms. The first kappa shape index (κ1) is 17.5. The van der Waals surface area contributed by atoms with Gasteiger partial charge in [-0.1, -0.05) is 46.9 Å². The van der Waals surface area contributed by atoms with E-state index in [1.165, 1.54) is 6.07 Å². The SMILES string of the molecule is CN(C)c1ccc(C2CC=C(Cl)C(Cl)=C2Cl)c(C(F)(F)F)c1. The van der Waals surface area contributed by atoms with Crippen molar-refractivity contribution in [2.24, 2.45) is 0 Å². The van der Waals surface area contributed by atoms with Crippen molar-refractivity contribution < 1.29 is 13.2 Å². The number of alkyl halides is 3. The van der Waals surface area contributed by atoms with Gasteiger partial charge in [0.05, 0.1) is 15.6 Å². The summed E-state index contributed by atoms with van der Waals surface area (Å²) < 4.78 is 40.2. The van der Waals surface area contributed by atoms with Crippen LogP contribution in [0.15, 0.2) is 39.4 Å². The summed E-state index contributed by atoms with van der Waals surface area (Å²) in [6, 6.07) is 4.19. The van der Waals surface area contributed by atoms with Crippen LogP contribution in [0.2, 0.25) is 0 Å². The molecule has 1 aromatic carbocycles. The van der Waals surface area contributed by atoms with Crippen LogP contribution in [0.3, 0.4) is 0 Å². The van der Waals surface area contributed by atoms with E-state index in [1.807, 2.05) is 0 Å². The maximum absolute atomic E-state index is 13.4. The summed E-state index contributed by atoms with van der Waals surface area (Å²) in [6.07, 6.45) is -2.62. The van der Waals surface area contributed by atoms with Crippen molar-refractivity contribution in [1.29, 1.82) is 0 Å². The van der Waals surface area contributed by atoms with Gasteiger partial charge in [0.15, 0.2) is 0 Å². The fraction of sp³-hybridized carbons (Fsp3) is 0.333.